The van der Waals surface area contributed by atoms with Gasteiger partial charge in [0, 0.05) is 29.8 Å². The maximum Gasteiger partial charge on any atom is 0.343 e. The lowest BCUT2D eigenvalue weighted by molar-refractivity contribution is 0.0650. The maximum absolute atomic E-state index is 13.0. The van der Waals surface area contributed by atoms with Crippen molar-refractivity contribution < 1.29 is 62.0 Å². The summed E-state index contributed by atoms with van der Waals surface area (Å²) in [5.74, 6) is -2.67. The number of carbonyl (C=O) groups excluding carboxylic acids is 8. The monoisotopic (exact) mass is 839 g/mol. The molecule has 1 aliphatic rings. The van der Waals surface area contributed by atoms with Crippen molar-refractivity contribution in [1.29, 1.82) is 5.26 Å². The van der Waals surface area contributed by atoms with Gasteiger partial charge in [0.25, 0.3) is 17.7 Å². The van der Waals surface area contributed by atoms with Gasteiger partial charge in [0.1, 0.15) is 23.5 Å². The number of methoxy groups -OCH3 is 2. The predicted octanol–water partition coefficient (Wildman–Crippen LogP) is 6.62. The first-order valence-corrected chi connectivity index (χ1v) is 18.4. The number of fused-ring (bicyclic) bond motifs is 1. The quantitative estimate of drug-likeness (QED) is 0.0450. The van der Waals surface area contributed by atoms with Crippen molar-refractivity contribution in [2.24, 2.45) is 0 Å². The number of imide groups is 1. The van der Waals surface area contributed by atoms with Crippen LogP contribution in [0, 0.1) is 11.5 Å². The van der Waals surface area contributed by atoms with Gasteiger partial charge in [-0.2, -0.15) is 10.2 Å². The van der Waals surface area contributed by atoms with E-state index in [1.54, 1.807) is 31.3 Å². The Bertz CT molecular complexity index is 2640. The standard InChI is InChI=1S/C36H33NO10.C10H4N2O3/c1-36(2,3)37(4)32(39)29-19-24(7-8-25(29)21-38)35(42)45-27-15-11-22(12-16-27)33(40)46-28-17-18-30(31(20-28)44-6)47-34(41)23-9-13-26(43-5)14-10-23;11-5-12-9(14)7-2-1-6(4-13)3-8(7)10(12)15/h7-21H,1-6H3;1-4H. The SMILES string of the molecule is COc1ccc(C(=O)Oc2ccc(OC(=O)c3ccc(OC(=O)c4ccc(C=O)c(C(=O)N(C)C(C)(C)C)c4)cc3)cc2OC)cc1.N#CN1C(=O)c2ccc(C=O)cc2C1=O. The Morgan fingerprint density at radius 1 is 0.613 bits per heavy atom. The Morgan fingerprint density at radius 2 is 1.16 bits per heavy atom. The van der Waals surface area contributed by atoms with Crippen LogP contribution in [0.1, 0.15) is 104 Å². The molecule has 0 aliphatic carbocycles. The average molecular weight is 840 g/mol. The largest absolute Gasteiger partial charge is 0.497 e. The number of aldehydes is 2. The molecule has 5 aromatic rings. The van der Waals surface area contributed by atoms with Gasteiger partial charge in [-0.15, -0.1) is 0 Å². The van der Waals surface area contributed by atoms with Crippen LogP contribution in [0.2, 0.25) is 0 Å². The van der Waals surface area contributed by atoms with Gasteiger partial charge < -0.3 is 28.6 Å². The van der Waals surface area contributed by atoms with Crippen LogP contribution < -0.4 is 23.7 Å². The maximum atomic E-state index is 13.0. The van der Waals surface area contributed by atoms with Gasteiger partial charge in [-0.25, -0.2) is 14.4 Å². The Hall–Kier alpha value is -8.45. The van der Waals surface area contributed by atoms with E-state index in [2.05, 4.69) is 0 Å². The van der Waals surface area contributed by atoms with Crippen molar-refractivity contribution >= 4 is 48.2 Å². The van der Waals surface area contributed by atoms with Crippen LogP contribution in [0.3, 0.4) is 0 Å². The predicted molar refractivity (Wildman–Crippen MR) is 219 cm³/mol. The average Bonchev–Trinajstić information content (AvgIpc) is 3.52. The van der Waals surface area contributed by atoms with E-state index < -0.39 is 41.2 Å². The third-order valence-electron chi connectivity index (χ3n) is 9.28. The van der Waals surface area contributed by atoms with Gasteiger partial charge in [-0.3, -0.25) is 24.0 Å². The van der Waals surface area contributed by atoms with Crippen LogP contribution >= 0.6 is 0 Å². The molecule has 0 fully saturated rings. The van der Waals surface area contributed by atoms with Crippen molar-refractivity contribution in [2.75, 3.05) is 21.3 Å². The van der Waals surface area contributed by atoms with Crippen molar-refractivity contribution in [3.05, 3.63) is 148 Å². The summed E-state index contributed by atoms with van der Waals surface area (Å²) in [6.45, 7) is 5.54. The highest BCUT2D eigenvalue weighted by Crippen LogP contribution is 2.33. The smallest absolute Gasteiger partial charge is 0.343 e. The third-order valence-corrected chi connectivity index (χ3v) is 9.28. The van der Waals surface area contributed by atoms with E-state index in [1.165, 1.54) is 104 Å². The van der Waals surface area contributed by atoms with Gasteiger partial charge in [0.15, 0.2) is 24.0 Å². The zero-order valence-electron chi connectivity index (χ0n) is 34.1. The molecule has 1 aliphatic heterocycles. The lowest BCUT2D eigenvalue weighted by atomic mass is 10.0. The molecule has 0 N–H and O–H groups in total. The molecule has 314 valence electrons. The molecule has 0 saturated carbocycles. The van der Waals surface area contributed by atoms with Crippen molar-refractivity contribution in [3.8, 4) is 34.9 Å². The summed E-state index contributed by atoms with van der Waals surface area (Å²) in [6.07, 6.45) is 2.63. The topological polar surface area (TPSA) is 213 Å². The molecular weight excluding hydrogens is 803 g/mol. The number of amides is 3. The zero-order valence-corrected chi connectivity index (χ0v) is 34.1. The molecule has 0 bridgehead atoms. The molecule has 5 aromatic carbocycles. The first kappa shape index (κ1) is 44.6. The van der Waals surface area contributed by atoms with Gasteiger partial charge in [-0.05, 0) is 106 Å². The van der Waals surface area contributed by atoms with Crippen LogP contribution in [0.4, 0.5) is 0 Å². The first-order valence-electron chi connectivity index (χ1n) is 18.4. The normalized spacial score (nSPS) is 11.5. The second kappa shape index (κ2) is 19.1. The Morgan fingerprint density at radius 3 is 1.73 bits per heavy atom. The molecule has 16 nitrogen and oxygen atoms in total. The van der Waals surface area contributed by atoms with Crippen LogP contribution in [0.15, 0.2) is 103 Å². The molecule has 62 heavy (non-hydrogen) atoms. The van der Waals surface area contributed by atoms with Crippen LogP contribution in [-0.4, -0.2) is 84.8 Å². The van der Waals surface area contributed by atoms with Crippen molar-refractivity contribution in [2.45, 2.75) is 26.3 Å². The lowest BCUT2D eigenvalue weighted by Gasteiger charge is -2.32. The van der Waals surface area contributed by atoms with E-state index in [0.717, 1.165) is 0 Å². The molecule has 6 rings (SSSR count). The summed E-state index contributed by atoms with van der Waals surface area (Å²) in [7, 11) is 4.51. The van der Waals surface area contributed by atoms with E-state index >= 15 is 0 Å². The molecule has 0 unspecified atom stereocenters. The second-order valence-corrected chi connectivity index (χ2v) is 14.2. The highest BCUT2D eigenvalue weighted by atomic mass is 16.6. The first-order chi connectivity index (χ1) is 29.5. The molecule has 0 saturated heterocycles. The number of rotatable bonds is 11. The van der Waals surface area contributed by atoms with Crippen molar-refractivity contribution in [3.63, 3.8) is 0 Å². The number of esters is 3. The second-order valence-electron chi connectivity index (χ2n) is 14.2. The van der Waals surface area contributed by atoms with Gasteiger partial charge in [0.05, 0.1) is 47.6 Å². The minimum atomic E-state index is -0.759. The Kier molecular flexibility index (Phi) is 13.7. The number of nitrogens with zero attached hydrogens (tertiary/aromatic N) is 3. The fraction of sp³-hybridized carbons (Fsp3) is 0.152. The Labute approximate surface area is 354 Å². The van der Waals surface area contributed by atoms with Gasteiger partial charge in [-0.1, -0.05) is 12.1 Å². The molecule has 0 spiro atoms. The van der Waals surface area contributed by atoms with E-state index in [9.17, 15) is 38.4 Å². The third kappa shape index (κ3) is 10.0. The fourth-order valence-electron chi connectivity index (χ4n) is 5.55. The minimum Gasteiger partial charge on any atom is -0.497 e. The van der Waals surface area contributed by atoms with Crippen LogP contribution in [-0.2, 0) is 0 Å². The summed E-state index contributed by atoms with van der Waals surface area (Å²) in [6, 6.07) is 24.5. The molecule has 16 heteroatoms. The summed E-state index contributed by atoms with van der Waals surface area (Å²) in [5, 5.41) is 8.57. The van der Waals surface area contributed by atoms with E-state index in [1.807, 2.05) is 20.8 Å². The van der Waals surface area contributed by atoms with E-state index in [0.29, 0.717) is 34.3 Å². The zero-order chi connectivity index (χ0) is 45.3. The van der Waals surface area contributed by atoms with Crippen molar-refractivity contribution in [1.82, 2.24) is 9.80 Å². The van der Waals surface area contributed by atoms with Crippen LogP contribution in [0.25, 0.3) is 0 Å². The fourth-order valence-corrected chi connectivity index (χ4v) is 5.55. The summed E-state index contributed by atoms with van der Waals surface area (Å²) in [4.78, 5) is 98.2. The molecule has 0 atom stereocenters. The summed E-state index contributed by atoms with van der Waals surface area (Å²) < 4.78 is 26.8. The number of hydrogen-bond donors (Lipinski definition) is 0. The lowest BCUT2D eigenvalue weighted by Crippen LogP contribution is -2.42. The molecule has 0 radical (unpaired) electrons. The Balaban J connectivity index is 0.000000404. The highest BCUT2D eigenvalue weighted by molar-refractivity contribution is 6.22. The van der Waals surface area contributed by atoms with Gasteiger partial charge >= 0.3 is 17.9 Å². The number of nitriles is 1. The van der Waals surface area contributed by atoms with E-state index in [-0.39, 0.29) is 56.4 Å². The molecular formula is C46H37N3O13. The molecule has 3 amide bonds. The molecule has 1 heterocycles. The van der Waals surface area contributed by atoms with E-state index in [4.69, 9.17) is 28.9 Å². The molecule has 0 aromatic heterocycles. The summed E-state index contributed by atoms with van der Waals surface area (Å²) >= 11 is 0. The minimum absolute atomic E-state index is 0.0665. The van der Waals surface area contributed by atoms with Crippen LogP contribution in [0.5, 0.6) is 28.7 Å². The number of hydrogen-bond acceptors (Lipinski definition) is 14. The number of benzene rings is 5. The summed E-state index contributed by atoms with van der Waals surface area (Å²) in [5.41, 5.74) is 0.797. The van der Waals surface area contributed by atoms with Gasteiger partial charge in [0.2, 0.25) is 0 Å². The number of ether oxygens (including phenoxy) is 5. The number of carbonyl (C=O) groups is 8. The highest BCUT2D eigenvalue weighted by Gasteiger charge is 2.36.